The van der Waals surface area contributed by atoms with Crippen molar-refractivity contribution in [2.45, 2.75) is 57.7 Å². The van der Waals surface area contributed by atoms with Gasteiger partial charge >= 0.3 is 0 Å². The lowest BCUT2D eigenvalue weighted by Gasteiger charge is -2.40. The molecule has 0 radical (unpaired) electrons. The number of carbonyl (C=O) groups is 2. The zero-order valence-corrected chi connectivity index (χ0v) is 18.8. The van der Waals surface area contributed by atoms with Gasteiger partial charge in [0.2, 0.25) is 11.8 Å². The summed E-state index contributed by atoms with van der Waals surface area (Å²) in [6, 6.07) is 8.45. The Kier molecular flexibility index (Phi) is 11.0. The van der Waals surface area contributed by atoms with Crippen molar-refractivity contribution in [1.29, 1.82) is 0 Å². The van der Waals surface area contributed by atoms with Gasteiger partial charge in [0.05, 0.1) is 6.04 Å². The van der Waals surface area contributed by atoms with E-state index < -0.39 is 0 Å². The van der Waals surface area contributed by atoms with Crippen LogP contribution in [-0.4, -0.2) is 59.9 Å². The molecule has 0 bridgehead atoms. The van der Waals surface area contributed by atoms with E-state index in [0.717, 1.165) is 45.3 Å². The van der Waals surface area contributed by atoms with E-state index >= 15 is 0 Å². The first kappa shape index (κ1) is 25.7. The summed E-state index contributed by atoms with van der Waals surface area (Å²) in [4.78, 5) is 29.3. The molecule has 0 saturated carbocycles. The molecule has 3 N–H and O–H groups in total. The number of hydrogen-bond donors (Lipinski definition) is 2. The highest BCUT2D eigenvalue weighted by atomic mass is 35.5. The van der Waals surface area contributed by atoms with Crippen molar-refractivity contribution in [3.8, 4) is 0 Å². The third kappa shape index (κ3) is 6.57. The van der Waals surface area contributed by atoms with Crippen molar-refractivity contribution in [1.82, 2.24) is 15.1 Å². The molecule has 1 saturated heterocycles. The van der Waals surface area contributed by atoms with Crippen LogP contribution in [0.4, 0.5) is 0 Å². The fraction of sp³-hybridized carbons (Fsp3) is 0.619. The van der Waals surface area contributed by atoms with Crippen LogP contribution in [-0.2, 0) is 22.6 Å². The van der Waals surface area contributed by atoms with Gasteiger partial charge in [-0.1, -0.05) is 24.3 Å². The first-order chi connectivity index (χ1) is 13.1. The minimum atomic E-state index is -0.140. The minimum absolute atomic E-state index is 0. The van der Waals surface area contributed by atoms with Crippen molar-refractivity contribution in [2.24, 2.45) is 5.73 Å². The Morgan fingerprint density at radius 1 is 1.17 bits per heavy atom. The summed E-state index contributed by atoms with van der Waals surface area (Å²) in [5.41, 5.74) is 8.16. The van der Waals surface area contributed by atoms with Crippen LogP contribution >= 0.6 is 24.8 Å². The largest absolute Gasteiger partial charge is 0.354 e. The van der Waals surface area contributed by atoms with Crippen molar-refractivity contribution in [3.63, 3.8) is 0 Å². The molecule has 0 spiro atoms. The molecule has 164 valence electrons. The third-order valence-corrected chi connectivity index (χ3v) is 5.88. The molecule has 1 aromatic rings. The first-order valence-corrected chi connectivity index (χ1v) is 10.2. The van der Waals surface area contributed by atoms with Crippen molar-refractivity contribution in [2.75, 3.05) is 26.2 Å². The summed E-state index contributed by atoms with van der Waals surface area (Å²) in [5.74, 6) is 0.156. The third-order valence-electron chi connectivity index (χ3n) is 5.88. The molecule has 2 aliphatic heterocycles. The highest BCUT2D eigenvalue weighted by Gasteiger charge is 2.33. The maximum atomic E-state index is 13.2. The number of nitrogens with two attached hydrogens (primary N) is 1. The highest BCUT2D eigenvalue weighted by Crippen LogP contribution is 2.23. The van der Waals surface area contributed by atoms with E-state index in [0.29, 0.717) is 19.5 Å². The zero-order valence-electron chi connectivity index (χ0n) is 17.1. The van der Waals surface area contributed by atoms with Gasteiger partial charge in [0.25, 0.3) is 0 Å². The van der Waals surface area contributed by atoms with Gasteiger partial charge in [0.1, 0.15) is 0 Å². The molecule has 6 nitrogen and oxygen atoms in total. The Hall–Kier alpha value is -1.34. The molecule has 1 fully saturated rings. The summed E-state index contributed by atoms with van der Waals surface area (Å²) in [6.45, 7) is 5.43. The fourth-order valence-corrected chi connectivity index (χ4v) is 4.20. The van der Waals surface area contributed by atoms with Crippen molar-refractivity contribution >= 4 is 36.6 Å². The predicted octanol–water partition coefficient (Wildman–Crippen LogP) is 2.12. The number of amides is 2. The first-order valence-electron chi connectivity index (χ1n) is 10.2. The van der Waals surface area contributed by atoms with Crippen LogP contribution in [0, 0.1) is 0 Å². The number of hydrogen-bond acceptors (Lipinski definition) is 4. The van der Waals surface area contributed by atoms with Crippen LogP contribution in [0.15, 0.2) is 24.3 Å². The topological polar surface area (TPSA) is 78.7 Å². The Morgan fingerprint density at radius 3 is 2.62 bits per heavy atom. The van der Waals surface area contributed by atoms with Crippen LogP contribution in [0.2, 0.25) is 0 Å². The van der Waals surface area contributed by atoms with Gasteiger partial charge in [-0.3, -0.25) is 14.5 Å². The average Bonchev–Trinajstić information content (AvgIpc) is 2.71. The molecule has 2 aliphatic rings. The molecule has 29 heavy (non-hydrogen) atoms. The minimum Gasteiger partial charge on any atom is -0.354 e. The van der Waals surface area contributed by atoms with E-state index in [9.17, 15) is 9.59 Å². The molecule has 1 aromatic carbocycles. The van der Waals surface area contributed by atoms with Gasteiger partial charge in [0.15, 0.2) is 0 Å². The van der Waals surface area contributed by atoms with E-state index in [1.54, 1.807) is 0 Å². The molecule has 2 unspecified atom stereocenters. The zero-order chi connectivity index (χ0) is 19.2. The van der Waals surface area contributed by atoms with Gasteiger partial charge in [-0.15, -0.1) is 24.8 Å². The lowest BCUT2D eigenvalue weighted by molar-refractivity contribution is -0.141. The molecule has 2 heterocycles. The molecule has 2 amide bonds. The van der Waals surface area contributed by atoms with Crippen LogP contribution in [0.25, 0.3) is 0 Å². The maximum absolute atomic E-state index is 13.2. The van der Waals surface area contributed by atoms with Crippen LogP contribution in [0.5, 0.6) is 0 Å². The second kappa shape index (κ2) is 12.4. The SMILES string of the molecule is CC(C(=O)N1CCCCC1CNC(=O)CCN)N1CCc2ccccc2C1.Cl.Cl. The van der Waals surface area contributed by atoms with Gasteiger partial charge in [-0.2, -0.15) is 0 Å². The number of piperidine rings is 1. The van der Waals surface area contributed by atoms with Crippen LogP contribution < -0.4 is 11.1 Å². The van der Waals surface area contributed by atoms with E-state index in [2.05, 4.69) is 34.5 Å². The molecular weight excluding hydrogens is 411 g/mol. The number of rotatable bonds is 6. The average molecular weight is 445 g/mol. The number of fused-ring (bicyclic) bond motifs is 1. The molecule has 2 atom stereocenters. The van der Waals surface area contributed by atoms with E-state index in [1.807, 2.05) is 11.8 Å². The Labute approximate surface area is 186 Å². The molecule has 3 rings (SSSR count). The summed E-state index contributed by atoms with van der Waals surface area (Å²) in [6.07, 6.45) is 4.42. The summed E-state index contributed by atoms with van der Waals surface area (Å²) in [7, 11) is 0. The lowest BCUT2D eigenvalue weighted by atomic mass is 9.97. The second-order valence-electron chi connectivity index (χ2n) is 7.69. The molecule has 0 aromatic heterocycles. The number of benzene rings is 1. The van der Waals surface area contributed by atoms with Crippen LogP contribution in [0.1, 0.15) is 43.7 Å². The van der Waals surface area contributed by atoms with Gasteiger partial charge in [-0.25, -0.2) is 0 Å². The van der Waals surface area contributed by atoms with Gasteiger partial charge in [-0.05, 0) is 43.7 Å². The molecular formula is C21H34Cl2N4O2. The lowest BCUT2D eigenvalue weighted by Crippen LogP contribution is -2.55. The predicted molar refractivity (Wildman–Crippen MR) is 121 cm³/mol. The summed E-state index contributed by atoms with van der Waals surface area (Å²) < 4.78 is 0. The van der Waals surface area contributed by atoms with Gasteiger partial charge < -0.3 is 16.0 Å². The van der Waals surface area contributed by atoms with E-state index in [4.69, 9.17) is 5.73 Å². The van der Waals surface area contributed by atoms with Crippen molar-refractivity contribution < 1.29 is 9.59 Å². The molecule has 8 heteroatoms. The summed E-state index contributed by atoms with van der Waals surface area (Å²) in [5, 5.41) is 2.94. The fourth-order valence-electron chi connectivity index (χ4n) is 4.20. The maximum Gasteiger partial charge on any atom is 0.239 e. The summed E-state index contributed by atoms with van der Waals surface area (Å²) >= 11 is 0. The standard InChI is InChI=1S/C21H32N4O2.2ClH/c1-16(24-13-10-17-6-2-3-7-18(17)15-24)21(27)25-12-5-4-8-19(25)14-23-20(26)9-11-22;;/h2-3,6-7,16,19H,4-5,8-15,22H2,1H3,(H,23,26);2*1H. The van der Waals surface area contributed by atoms with Crippen LogP contribution in [0.3, 0.4) is 0 Å². The van der Waals surface area contributed by atoms with E-state index in [1.165, 1.54) is 11.1 Å². The number of carbonyl (C=O) groups excluding carboxylic acids is 2. The number of halogens is 2. The normalized spacial score (nSPS) is 19.9. The Balaban J connectivity index is 0.00000210. The molecule has 0 aliphatic carbocycles. The quantitative estimate of drug-likeness (QED) is 0.703. The highest BCUT2D eigenvalue weighted by molar-refractivity contribution is 5.85. The number of nitrogens with one attached hydrogen (secondary N) is 1. The smallest absolute Gasteiger partial charge is 0.239 e. The Bertz CT molecular complexity index is 674. The second-order valence-corrected chi connectivity index (χ2v) is 7.69. The van der Waals surface area contributed by atoms with Gasteiger partial charge in [0, 0.05) is 45.2 Å². The van der Waals surface area contributed by atoms with E-state index in [-0.39, 0.29) is 48.7 Å². The number of likely N-dealkylation sites (tertiary alicyclic amines) is 1. The monoisotopic (exact) mass is 444 g/mol. The number of nitrogens with zero attached hydrogens (tertiary/aromatic N) is 2. The van der Waals surface area contributed by atoms with Crippen molar-refractivity contribution in [3.05, 3.63) is 35.4 Å². The Morgan fingerprint density at radius 2 is 1.90 bits per heavy atom.